The maximum absolute atomic E-state index is 11.2. The summed E-state index contributed by atoms with van der Waals surface area (Å²) in [4.78, 5) is 0. The van der Waals surface area contributed by atoms with Gasteiger partial charge in [0, 0.05) is 16.0 Å². The highest BCUT2D eigenvalue weighted by molar-refractivity contribution is 7.80. The lowest BCUT2D eigenvalue weighted by Crippen LogP contribution is -2.23. The number of aryl methyl sites for hydroxylation is 2. The Balaban J connectivity index is 2.62. The first-order chi connectivity index (χ1) is 13.9. The van der Waals surface area contributed by atoms with Crippen LogP contribution in [0, 0.1) is 13.8 Å². The molecule has 2 aromatic carbocycles. The number of unbranched alkanes of at least 4 members (excludes halogenated alkanes) is 2. The van der Waals surface area contributed by atoms with Crippen LogP contribution in [0.4, 0.5) is 0 Å². The van der Waals surface area contributed by atoms with Gasteiger partial charge in [-0.2, -0.15) is 12.6 Å². The van der Waals surface area contributed by atoms with Crippen molar-refractivity contribution >= 4 is 26.5 Å². The Labute approximate surface area is 192 Å². The molecule has 30 heavy (non-hydrogen) atoms. The van der Waals surface area contributed by atoms with Crippen molar-refractivity contribution in [2.24, 2.45) is 0 Å². The average molecular weight is 445 g/mol. The van der Waals surface area contributed by atoms with Gasteiger partial charge in [0.15, 0.2) is 0 Å². The maximum atomic E-state index is 11.2. The van der Waals surface area contributed by atoms with Crippen molar-refractivity contribution in [1.29, 1.82) is 0 Å². The van der Waals surface area contributed by atoms with E-state index in [1.807, 2.05) is 6.92 Å². The Morgan fingerprint density at radius 2 is 1.70 bits per heavy atom. The first-order valence-corrected chi connectivity index (χ1v) is 12.8. The molecule has 0 aliphatic carbocycles. The molecule has 0 aliphatic rings. The molecule has 0 heterocycles. The van der Waals surface area contributed by atoms with Crippen molar-refractivity contribution in [3.05, 3.63) is 58.1 Å². The van der Waals surface area contributed by atoms with Crippen molar-refractivity contribution in [1.82, 2.24) is 0 Å². The molecular formula is C27H41OPS. The maximum Gasteiger partial charge on any atom is 0.122 e. The molecular weight excluding hydrogens is 403 g/mol. The van der Waals surface area contributed by atoms with Gasteiger partial charge in [-0.1, -0.05) is 98.4 Å². The second-order valence-corrected chi connectivity index (χ2v) is 12.8. The van der Waals surface area contributed by atoms with E-state index in [0.717, 1.165) is 17.5 Å². The number of phenols is 1. The molecule has 0 fully saturated rings. The van der Waals surface area contributed by atoms with E-state index in [1.165, 1.54) is 41.3 Å². The highest BCUT2D eigenvalue weighted by Crippen LogP contribution is 2.50. The smallest absolute Gasteiger partial charge is 0.122 e. The van der Waals surface area contributed by atoms with E-state index in [0.29, 0.717) is 14.3 Å². The molecule has 1 nitrogen and oxygen atoms in total. The second kappa shape index (κ2) is 10.1. The molecule has 166 valence electrons. The Hall–Kier alpha value is -0.980. The van der Waals surface area contributed by atoms with Crippen LogP contribution in [0.3, 0.4) is 0 Å². The van der Waals surface area contributed by atoms with Gasteiger partial charge >= 0.3 is 0 Å². The Morgan fingerprint density at radius 3 is 2.27 bits per heavy atom. The van der Waals surface area contributed by atoms with Crippen LogP contribution >= 0.6 is 21.2 Å². The van der Waals surface area contributed by atoms with Crippen LogP contribution in [0.2, 0.25) is 0 Å². The van der Waals surface area contributed by atoms with E-state index in [1.54, 1.807) is 0 Å². The molecule has 0 radical (unpaired) electrons. The third-order valence-electron chi connectivity index (χ3n) is 6.11. The molecule has 0 amide bonds. The van der Waals surface area contributed by atoms with Gasteiger partial charge in [0.25, 0.3) is 0 Å². The summed E-state index contributed by atoms with van der Waals surface area (Å²) in [6, 6.07) is 11.2. The summed E-state index contributed by atoms with van der Waals surface area (Å²) in [6.07, 6.45) is 4.68. The third-order valence-corrected chi connectivity index (χ3v) is 8.18. The first kappa shape index (κ1) is 25.3. The van der Waals surface area contributed by atoms with Gasteiger partial charge in [-0.3, -0.25) is 0 Å². The Kier molecular flexibility index (Phi) is 8.51. The Morgan fingerprint density at radius 1 is 1.03 bits per heavy atom. The molecule has 3 heteroatoms. The predicted molar refractivity (Wildman–Crippen MR) is 140 cm³/mol. The molecule has 0 spiro atoms. The highest BCUT2D eigenvalue weighted by atomic mass is 32.1. The van der Waals surface area contributed by atoms with Crippen molar-refractivity contribution in [2.75, 3.05) is 0 Å². The minimum absolute atomic E-state index is 0.0509. The summed E-state index contributed by atoms with van der Waals surface area (Å²) >= 11 is 4.77. The van der Waals surface area contributed by atoms with E-state index >= 15 is 0 Å². The van der Waals surface area contributed by atoms with E-state index in [9.17, 15) is 5.11 Å². The fraction of sp³-hybridized carbons (Fsp3) is 0.556. The van der Waals surface area contributed by atoms with Gasteiger partial charge < -0.3 is 5.11 Å². The number of hydrogen-bond donors (Lipinski definition) is 2. The fourth-order valence-electron chi connectivity index (χ4n) is 4.07. The van der Waals surface area contributed by atoms with Gasteiger partial charge in [-0.05, 0) is 54.6 Å². The minimum atomic E-state index is -0.0993. The van der Waals surface area contributed by atoms with Crippen molar-refractivity contribution in [3.63, 3.8) is 0 Å². The second-order valence-electron chi connectivity index (χ2n) is 10.1. The number of benzene rings is 2. The minimum Gasteiger partial charge on any atom is -0.507 e. The number of rotatable bonds is 8. The number of aromatic hydroxyl groups is 1. The van der Waals surface area contributed by atoms with Gasteiger partial charge in [0.1, 0.15) is 5.75 Å². The lowest BCUT2D eigenvalue weighted by molar-refractivity contribution is 0.444. The van der Waals surface area contributed by atoms with Crippen LogP contribution in [-0.4, -0.2) is 5.11 Å². The normalized spacial score (nSPS) is 15.5. The zero-order valence-corrected chi connectivity index (χ0v) is 22.1. The quantitative estimate of drug-likeness (QED) is 0.239. The lowest BCUT2D eigenvalue weighted by atomic mass is 9.82. The van der Waals surface area contributed by atoms with Gasteiger partial charge in [-0.25, -0.2) is 0 Å². The van der Waals surface area contributed by atoms with Crippen LogP contribution in [0.5, 0.6) is 5.75 Å². The zero-order valence-electron chi connectivity index (χ0n) is 20.2. The summed E-state index contributed by atoms with van der Waals surface area (Å²) in [5, 5.41) is 12.6. The standard InChI is InChI=1S/C27H41OPS/c1-9-10-11-14-27(8,29-24-13-12-18(2)15-22(24)20(4)30)23-17-21(26(5,6)7)16-19(3)25(23)28/h12-13,15-17,20,28-30H,9-11,14H2,1-8H3. The van der Waals surface area contributed by atoms with Gasteiger partial charge in [0.05, 0.1) is 0 Å². The molecule has 3 atom stereocenters. The molecule has 2 aromatic rings. The van der Waals surface area contributed by atoms with Gasteiger partial charge in [0.2, 0.25) is 0 Å². The summed E-state index contributed by atoms with van der Waals surface area (Å²) in [7, 11) is 0.589. The SMILES string of the molecule is CCCCCC(C)(Pc1ccc(C)cc1C(C)S)c1cc(C(C)(C)C)cc(C)c1O. The van der Waals surface area contributed by atoms with E-state index < -0.39 is 0 Å². The van der Waals surface area contributed by atoms with Crippen molar-refractivity contribution < 1.29 is 5.11 Å². The van der Waals surface area contributed by atoms with Gasteiger partial charge in [-0.15, -0.1) is 0 Å². The molecule has 3 unspecified atom stereocenters. The van der Waals surface area contributed by atoms with E-state index in [2.05, 4.69) is 78.8 Å². The van der Waals surface area contributed by atoms with E-state index in [-0.39, 0.29) is 15.8 Å². The largest absolute Gasteiger partial charge is 0.507 e. The third kappa shape index (κ3) is 6.04. The molecule has 2 rings (SSSR count). The molecule has 0 aromatic heterocycles. The molecule has 0 saturated carbocycles. The predicted octanol–water partition coefficient (Wildman–Crippen LogP) is 8.10. The molecule has 0 aliphatic heterocycles. The van der Waals surface area contributed by atoms with Crippen LogP contribution in [0.25, 0.3) is 0 Å². The summed E-state index contributed by atoms with van der Waals surface area (Å²) < 4.78 is 0. The summed E-state index contributed by atoms with van der Waals surface area (Å²) in [6.45, 7) is 17.7. The van der Waals surface area contributed by atoms with Crippen LogP contribution < -0.4 is 5.30 Å². The van der Waals surface area contributed by atoms with Crippen LogP contribution in [0.15, 0.2) is 30.3 Å². The van der Waals surface area contributed by atoms with Crippen molar-refractivity contribution in [2.45, 2.75) is 96.9 Å². The monoisotopic (exact) mass is 444 g/mol. The Bertz CT molecular complexity index is 866. The van der Waals surface area contributed by atoms with E-state index in [4.69, 9.17) is 12.6 Å². The summed E-state index contributed by atoms with van der Waals surface area (Å²) in [5.74, 6) is 0.474. The first-order valence-electron chi connectivity index (χ1n) is 11.3. The molecule has 0 saturated heterocycles. The summed E-state index contributed by atoms with van der Waals surface area (Å²) in [5.41, 5.74) is 6.04. The van der Waals surface area contributed by atoms with Crippen molar-refractivity contribution in [3.8, 4) is 5.75 Å². The number of phenolic OH excluding ortho intramolecular Hbond substituents is 1. The zero-order chi connectivity index (χ0) is 22.7. The van der Waals surface area contributed by atoms with Crippen LogP contribution in [-0.2, 0) is 10.6 Å². The lowest BCUT2D eigenvalue weighted by Gasteiger charge is -2.34. The number of thiol groups is 1. The topological polar surface area (TPSA) is 20.2 Å². The molecule has 1 N–H and O–H groups in total. The highest BCUT2D eigenvalue weighted by Gasteiger charge is 2.32. The fourth-order valence-corrected chi connectivity index (χ4v) is 6.22. The number of hydrogen-bond acceptors (Lipinski definition) is 2. The van der Waals surface area contributed by atoms with Crippen LogP contribution in [0.1, 0.15) is 100 Å². The average Bonchev–Trinajstić information content (AvgIpc) is 2.64. The molecule has 0 bridgehead atoms.